The van der Waals surface area contributed by atoms with Crippen molar-refractivity contribution in [3.8, 4) is 0 Å². The minimum Gasteiger partial charge on any atom is -0.402 e. The van der Waals surface area contributed by atoms with Crippen LogP contribution in [-0.2, 0) is 0 Å². The Balaban J connectivity index is 0. The average Bonchev–Trinajstić information content (AvgIpc) is 1.52. The van der Waals surface area contributed by atoms with E-state index in [0.29, 0.717) is 6.42 Å². The molecule has 0 saturated heterocycles. The Hall–Kier alpha value is -0.135. The molecule has 0 heterocycles. The van der Waals surface area contributed by atoms with Crippen molar-refractivity contribution < 1.29 is 25.3 Å². The highest BCUT2D eigenvalue weighted by atomic mass is 16.5. The predicted octanol–water partition coefficient (Wildman–Crippen LogP) is -1.52. The van der Waals surface area contributed by atoms with Gasteiger partial charge < -0.3 is 25.3 Å². The second-order valence-corrected chi connectivity index (χ2v) is 3.21. The van der Waals surface area contributed by atoms with Crippen molar-refractivity contribution in [3.05, 3.63) is 0 Å². The first kappa shape index (κ1) is 14.4. The fraction of sp³-hybridized carbons (Fsp3) is 1.00. The topological polar surface area (TPSA) is 101 Å². The van der Waals surface area contributed by atoms with E-state index in [1.165, 1.54) is 0 Å². The quantitative estimate of drug-likeness (QED) is 0.332. The molecule has 0 aliphatic rings. The molecule has 0 aliphatic carbocycles. The maximum absolute atomic E-state index is 9.03. The van der Waals surface area contributed by atoms with Gasteiger partial charge in [-0.2, -0.15) is 0 Å². The molecule has 0 bridgehead atoms. The van der Waals surface area contributed by atoms with Crippen molar-refractivity contribution in [2.45, 2.75) is 38.9 Å². The monoisotopic (exact) mass is 180 g/mol. The third-order valence-corrected chi connectivity index (χ3v) is 0.795. The maximum Gasteiger partial charge on any atom is 0.631 e. The number of hydrogen-bond donors (Lipinski definition) is 5. The molecule has 0 aromatic heterocycles. The molecule has 5 N–H and O–H groups in total. The van der Waals surface area contributed by atoms with Gasteiger partial charge in [-0.3, -0.25) is 0 Å². The summed E-state index contributed by atoms with van der Waals surface area (Å²) in [4.78, 5) is 0. The van der Waals surface area contributed by atoms with Crippen molar-refractivity contribution in [2.24, 2.45) is 0 Å². The van der Waals surface area contributed by atoms with Crippen molar-refractivity contribution in [1.82, 2.24) is 0 Å². The van der Waals surface area contributed by atoms with Crippen molar-refractivity contribution in [3.63, 3.8) is 0 Å². The Morgan fingerprint density at radius 2 is 1.50 bits per heavy atom. The minimum absolute atomic E-state index is 0.407. The average molecular weight is 180 g/mol. The van der Waals surface area contributed by atoms with E-state index < -0.39 is 19.0 Å². The number of rotatable bonds is 2. The zero-order chi connectivity index (χ0) is 10.4. The first-order valence-corrected chi connectivity index (χ1v) is 3.60. The van der Waals surface area contributed by atoms with Gasteiger partial charge in [0.1, 0.15) is 0 Å². The third kappa shape index (κ3) is 32.8. The number of hydrogen-bond acceptors (Lipinski definition) is 5. The molecular formula is C6H17BO5. The van der Waals surface area contributed by atoms with E-state index in [2.05, 4.69) is 0 Å². The van der Waals surface area contributed by atoms with Gasteiger partial charge in [0.2, 0.25) is 0 Å². The summed E-state index contributed by atoms with van der Waals surface area (Å²) in [5, 5.41) is 39.3. The molecule has 0 radical (unpaired) electrons. The molecule has 74 valence electrons. The van der Waals surface area contributed by atoms with E-state index in [4.69, 9.17) is 25.3 Å². The predicted molar refractivity (Wildman–Crippen MR) is 45.0 cm³/mol. The van der Waals surface area contributed by atoms with E-state index in [0.717, 1.165) is 0 Å². The fourth-order valence-corrected chi connectivity index (χ4v) is 0.723. The molecule has 6 heteroatoms. The molecule has 0 aromatic rings. The zero-order valence-corrected chi connectivity index (χ0v) is 7.60. The number of aliphatic hydroxyl groups is 2. The molecule has 12 heavy (non-hydrogen) atoms. The van der Waals surface area contributed by atoms with Gasteiger partial charge in [0.05, 0.1) is 11.7 Å². The van der Waals surface area contributed by atoms with Crippen LogP contribution in [0, 0.1) is 0 Å². The minimum atomic E-state index is -2.17. The van der Waals surface area contributed by atoms with Gasteiger partial charge in [0.15, 0.2) is 0 Å². The molecule has 1 atom stereocenters. The summed E-state index contributed by atoms with van der Waals surface area (Å²) in [7, 11) is -2.17. The van der Waals surface area contributed by atoms with Crippen LogP contribution in [-0.4, -0.2) is 44.3 Å². The maximum atomic E-state index is 9.03. The lowest BCUT2D eigenvalue weighted by Crippen LogP contribution is -2.24. The molecule has 0 amide bonds. The standard InChI is InChI=1S/C6H14O2.BH3O3/c1-5(7)4-6(2,3)8;2-1(3)4/h5,7-8H,4H2,1-3H3;2-4H. The van der Waals surface area contributed by atoms with Crippen LogP contribution in [0.3, 0.4) is 0 Å². The van der Waals surface area contributed by atoms with Gasteiger partial charge in [0.25, 0.3) is 0 Å². The first-order chi connectivity index (χ1) is 5.15. The summed E-state index contributed by atoms with van der Waals surface area (Å²) in [6.45, 7) is 5.03. The summed E-state index contributed by atoms with van der Waals surface area (Å²) in [6, 6.07) is 0. The summed E-state index contributed by atoms with van der Waals surface area (Å²) < 4.78 is 0. The van der Waals surface area contributed by atoms with E-state index >= 15 is 0 Å². The van der Waals surface area contributed by atoms with E-state index in [1.54, 1.807) is 20.8 Å². The Bertz CT molecular complexity index is 95.8. The highest BCUT2D eigenvalue weighted by Crippen LogP contribution is 2.09. The molecule has 5 nitrogen and oxygen atoms in total. The van der Waals surface area contributed by atoms with Crippen LogP contribution in [0.15, 0.2) is 0 Å². The second-order valence-electron chi connectivity index (χ2n) is 3.21. The van der Waals surface area contributed by atoms with Gasteiger partial charge >= 0.3 is 7.32 Å². The smallest absolute Gasteiger partial charge is 0.402 e. The highest BCUT2D eigenvalue weighted by Gasteiger charge is 2.14. The van der Waals surface area contributed by atoms with E-state index in [-0.39, 0.29) is 0 Å². The summed E-state index contributed by atoms with van der Waals surface area (Å²) in [5.41, 5.74) is -0.728. The zero-order valence-electron chi connectivity index (χ0n) is 7.60. The van der Waals surface area contributed by atoms with Gasteiger partial charge in [-0.15, -0.1) is 0 Å². The van der Waals surface area contributed by atoms with Gasteiger partial charge in [0, 0.05) is 6.42 Å². The number of aliphatic hydroxyl groups excluding tert-OH is 1. The summed E-state index contributed by atoms with van der Waals surface area (Å²) in [5.74, 6) is 0. The van der Waals surface area contributed by atoms with Crippen LogP contribution in [0.5, 0.6) is 0 Å². The van der Waals surface area contributed by atoms with Crippen LogP contribution in [0.25, 0.3) is 0 Å². The van der Waals surface area contributed by atoms with Gasteiger partial charge in [-0.1, -0.05) is 0 Å². The third-order valence-electron chi connectivity index (χ3n) is 0.795. The SMILES string of the molecule is CC(O)CC(C)(C)O.OB(O)O. The van der Waals surface area contributed by atoms with E-state index in [9.17, 15) is 0 Å². The Morgan fingerprint density at radius 1 is 1.25 bits per heavy atom. The largest absolute Gasteiger partial charge is 0.631 e. The van der Waals surface area contributed by atoms with Crippen molar-refractivity contribution >= 4 is 7.32 Å². The normalized spacial score (nSPS) is 13.0. The Kier molecular flexibility index (Phi) is 7.66. The molecule has 0 saturated carbocycles. The van der Waals surface area contributed by atoms with Crippen molar-refractivity contribution in [2.75, 3.05) is 0 Å². The highest BCUT2D eigenvalue weighted by molar-refractivity contribution is 6.30. The van der Waals surface area contributed by atoms with Gasteiger partial charge in [-0.05, 0) is 20.8 Å². The second kappa shape index (κ2) is 6.39. The first-order valence-electron chi connectivity index (χ1n) is 3.60. The lowest BCUT2D eigenvalue weighted by atomic mass is 10.0. The molecule has 0 fully saturated rings. The molecule has 0 spiro atoms. The van der Waals surface area contributed by atoms with Crippen LogP contribution in [0.1, 0.15) is 27.2 Å². The Morgan fingerprint density at radius 3 is 1.50 bits per heavy atom. The molecule has 0 aromatic carbocycles. The lowest BCUT2D eigenvalue weighted by molar-refractivity contribution is 0.0249. The van der Waals surface area contributed by atoms with Crippen LogP contribution >= 0.6 is 0 Å². The van der Waals surface area contributed by atoms with E-state index in [1.807, 2.05) is 0 Å². The lowest BCUT2D eigenvalue weighted by Gasteiger charge is -2.17. The fourth-order valence-electron chi connectivity index (χ4n) is 0.723. The molecule has 0 aliphatic heterocycles. The Labute approximate surface area is 72.5 Å². The van der Waals surface area contributed by atoms with Crippen LogP contribution < -0.4 is 0 Å². The summed E-state index contributed by atoms with van der Waals surface area (Å²) in [6.07, 6.45) is 0.0301. The van der Waals surface area contributed by atoms with Crippen LogP contribution in [0.2, 0.25) is 0 Å². The molecule has 1 unspecified atom stereocenters. The van der Waals surface area contributed by atoms with Crippen LogP contribution in [0.4, 0.5) is 0 Å². The molecule has 0 rings (SSSR count). The molecular weight excluding hydrogens is 163 g/mol. The van der Waals surface area contributed by atoms with Gasteiger partial charge in [-0.25, -0.2) is 0 Å². The van der Waals surface area contributed by atoms with Crippen molar-refractivity contribution in [1.29, 1.82) is 0 Å². The summed E-state index contributed by atoms with van der Waals surface area (Å²) >= 11 is 0.